The molecular weight excluding hydrogens is 282 g/mol. The van der Waals surface area contributed by atoms with E-state index in [1.54, 1.807) is 12.1 Å². The van der Waals surface area contributed by atoms with Gasteiger partial charge in [0.05, 0.1) is 7.11 Å². The van der Waals surface area contributed by atoms with E-state index >= 15 is 0 Å². The van der Waals surface area contributed by atoms with Crippen LogP contribution < -0.4 is 10.1 Å². The van der Waals surface area contributed by atoms with Gasteiger partial charge in [-0.25, -0.2) is 0 Å². The highest BCUT2D eigenvalue weighted by Crippen LogP contribution is 2.33. The molecule has 0 saturated heterocycles. The number of halogens is 1. The van der Waals surface area contributed by atoms with Gasteiger partial charge in [-0.2, -0.15) is 11.8 Å². The maximum Gasteiger partial charge on any atom is 0.162 e. The van der Waals surface area contributed by atoms with Crippen molar-refractivity contribution in [2.45, 2.75) is 25.8 Å². The molecule has 0 bridgehead atoms. The second-order valence-corrected chi connectivity index (χ2v) is 5.77. The molecule has 108 valence electrons. The first kappa shape index (κ1) is 16.5. The molecular formula is C14H22ClNO2S. The Hall–Kier alpha value is -0.580. The Morgan fingerprint density at radius 1 is 1.32 bits per heavy atom. The van der Waals surface area contributed by atoms with Gasteiger partial charge in [-0.3, -0.25) is 0 Å². The van der Waals surface area contributed by atoms with E-state index in [0.717, 1.165) is 18.5 Å². The van der Waals surface area contributed by atoms with Crippen molar-refractivity contribution < 1.29 is 9.84 Å². The fraction of sp³-hybridized carbons (Fsp3) is 0.571. The van der Waals surface area contributed by atoms with Crippen molar-refractivity contribution in [2.24, 2.45) is 0 Å². The monoisotopic (exact) mass is 303 g/mol. The summed E-state index contributed by atoms with van der Waals surface area (Å²) in [6.45, 7) is 1.55. The predicted molar refractivity (Wildman–Crippen MR) is 83.6 cm³/mol. The summed E-state index contributed by atoms with van der Waals surface area (Å²) in [7, 11) is 1.52. The van der Waals surface area contributed by atoms with Gasteiger partial charge in [0.1, 0.15) is 0 Å². The summed E-state index contributed by atoms with van der Waals surface area (Å²) in [5.41, 5.74) is 0.772. The van der Waals surface area contributed by atoms with Crippen LogP contribution in [0.5, 0.6) is 11.5 Å². The van der Waals surface area contributed by atoms with E-state index in [9.17, 15) is 5.11 Å². The van der Waals surface area contributed by atoms with E-state index in [-0.39, 0.29) is 5.75 Å². The topological polar surface area (TPSA) is 41.5 Å². The number of phenolic OH excluding ortho intramolecular Hbond substituents is 1. The summed E-state index contributed by atoms with van der Waals surface area (Å²) >= 11 is 7.86. The fourth-order valence-corrected chi connectivity index (χ4v) is 2.54. The quantitative estimate of drug-likeness (QED) is 0.683. The van der Waals surface area contributed by atoms with Crippen molar-refractivity contribution in [1.82, 2.24) is 5.32 Å². The minimum absolute atomic E-state index is 0.168. The van der Waals surface area contributed by atoms with Crippen molar-refractivity contribution in [3.05, 3.63) is 22.7 Å². The number of phenols is 1. The molecule has 5 heteroatoms. The number of rotatable bonds is 9. The summed E-state index contributed by atoms with van der Waals surface area (Å²) in [5.74, 6) is 1.82. The molecule has 0 atom stereocenters. The Bertz CT molecular complexity index is 388. The first-order valence-corrected chi connectivity index (χ1v) is 8.21. The van der Waals surface area contributed by atoms with Crippen LogP contribution in [-0.2, 0) is 6.54 Å². The lowest BCUT2D eigenvalue weighted by atomic mass is 10.1. The molecule has 2 N–H and O–H groups in total. The lowest BCUT2D eigenvalue weighted by Gasteiger charge is -2.10. The number of unbranched alkanes of at least 4 members (excludes halogenated alkanes) is 2. The van der Waals surface area contributed by atoms with Crippen LogP contribution in [-0.4, -0.2) is 30.8 Å². The van der Waals surface area contributed by atoms with Crippen LogP contribution in [0.1, 0.15) is 24.8 Å². The van der Waals surface area contributed by atoms with E-state index in [0.29, 0.717) is 17.3 Å². The normalized spacial score (nSPS) is 10.7. The van der Waals surface area contributed by atoms with E-state index in [4.69, 9.17) is 16.3 Å². The number of aromatic hydroxyl groups is 1. The van der Waals surface area contributed by atoms with Crippen LogP contribution in [0.2, 0.25) is 5.02 Å². The average molecular weight is 304 g/mol. The smallest absolute Gasteiger partial charge is 0.162 e. The molecule has 0 aliphatic rings. The van der Waals surface area contributed by atoms with E-state index < -0.39 is 0 Å². The average Bonchev–Trinajstić information content (AvgIpc) is 2.41. The second kappa shape index (κ2) is 9.34. The summed E-state index contributed by atoms with van der Waals surface area (Å²) < 4.78 is 5.07. The lowest BCUT2D eigenvalue weighted by molar-refractivity contribution is 0.369. The summed E-state index contributed by atoms with van der Waals surface area (Å²) in [5, 5.41) is 13.9. The number of thioether (sulfide) groups is 1. The second-order valence-electron chi connectivity index (χ2n) is 4.35. The Balaban J connectivity index is 2.35. The summed E-state index contributed by atoms with van der Waals surface area (Å²) in [4.78, 5) is 0. The zero-order valence-corrected chi connectivity index (χ0v) is 13.1. The Morgan fingerprint density at radius 2 is 2.11 bits per heavy atom. The predicted octanol–water partition coefficient (Wildman–Crippen LogP) is 3.68. The molecule has 0 aromatic heterocycles. The van der Waals surface area contributed by atoms with E-state index in [1.165, 1.54) is 25.7 Å². The minimum Gasteiger partial charge on any atom is -0.504 e. The number of benzene rings is 1. The number of hydrogen-bond donors (Lipinski definition) is 2. The molecule has 1 aromatic rings. The van der Waals surface area contributed by atoms with Gasteiger partial charge < -0.3 is 15.2 Å². The molecule has 0 heterocycles. The van der Waals surface area contributed by atoms with Crippen molar-refractivity contribution in [1.29, 1.82) is 0 Å². The third-order valence-electron chi connectivity index (χ3n) is 2.86. The lowest BCUT2D eigenvalue weighted by Crippen LogP contribution is -2.15. The zero-order chi connectivity index (χ0) is 14.1. The molecule has 0 unspecified atom stereocenters. The zero-order valence-electron chi connectivity index (χ0n) is 11.5. The van der Waals surface area contributed by atoms with Gasteiger partial charge in [0.2, 0.25) is 0 Å². The molecule has 0 radical (unpaired) electrons. The molecule has 1 rings (SSSR count). The Kier molecular flexibility index (Phi) is 8.10. The van der Waals surface area contributed by atoms with Gasteiger partial charge in [-0.1, -0.05) is 18.0 Å². The van der Waals surface area contributed by atoms with E-state index in [2.05, 4.69) is 11.6 Å². The molecule has 0 fully saturated rings. The van der Waals surface area contributed by atoms with Crippen LogP contribution in [0.25, 0.3) is 0 Å². The van der Waals surface area contributed by atoms with Crippen LogP contribution in [0.3, 0.4) is 0 Å². The van der Waals surface area contributed by atoms with Crippen molar-refractivity contribution >= 4 is 23.4 Å². The van der Waals surface area contributed by atoms with Gasteiger partial charge in [0.15, 0.2) is 11.5 Å². The van der Waals surface area contributed by atoms with Gasteiger partial charge in [-0.15, -0.1) is 0 Å². The van der Waals surface area contributed by atoms with Gasteiger partial charge in [0.25, 0.3) is 0 Å². The minimum atomic E-state index is 0.168. The maximum absolute atomic E-state index is 9.96. The number of ether oxygens (including phenoxy) is 1. The third kappa shape index (κ3) is 5.93. The number of nitrogens with one attached hydrogen (secondary N) is 1. The van der Waals surface area contributed by atoms with Crippen LogP contribution >= 0.6 is 23.4 Å². The molecule has 3 nitrogen and oxygen atoms in total. The van der Waals surface area contributed by atoms with E-state index in [1.807, 2.05) is 11.8 Å². The van der Waals surface area contributed by atoms with Crippen molar-refractivity contribution in [2.75, 3.05) is 25.7 Å². The highest BCUT2D eigenvalue weighted by atomic mass is 35.5. The van der Waals surface area contributed by atoms with Gasteiger partial charge in [0, 0.05) is 23.2 Å². The Morgan fingerprint density at radius 3 is 2.79 bits per heavy atom. The van der Waals surface area contributed by atoms with Crippen LogP contribution in [0, 0.1) is 0 Å². The molecule has 0 saturated carbocycles. The first-order chi connectivity index (χ1) is 9.19. The third-order valence-corrected chi connectivity index (χ3v) is 3.77. The van der Waals surface area contributed by atoms with Crippen LogP contribution in [0.15, 0.2) is 12.1 Å². The summed E-state index contributed by atoms with van der Waals surface area (Å²) in [6.07, 6.45) is 5.78. The largest absolute Gasteiger partial charge is 0.504 e. The summed E-state index contributed by atoms with van der Waals surface area (Å²) in [6, 6.07) is 3.38. The Labute approximate surface area is 124 Å². The van der Waals surface area contributed by atoms with Crippen molar-refractivity contribution in [3.8, 4) is 11.5 Å². The maximum atomic E-state index is 9.96. The molecule has 0 aliphatic carbocycles. The van der Waals surface area contributed by atoms with Gasteiger partial charge >= 0.3 is 0 Å². The van der Waals surface area contributed by atoms with Crippen molar-refractivity contribution in [3.63, 3.8) is 0 Å². The first-order valence-electron chi connectivity index (χ1n) is 6.44. The van der Waals surface area contributed by atoms with Gasteiger partial charge in [-0.05, 0) is 37.5 Å². The highest BCUT2D eigenvalue weighted by Gasteiger charge is 2.09. The molecule has 1 aromatic carbocycles. The fourth-order valence-electron chi connectivity index (χ4n) is 1.81. The number of hydrogen-bond acceptors (Lipinski definition) is 4. The SMILES string of the molecule is COc1cc(Cl)cc(CNCCCCCSC)c1O. The highest BCUT2D eigenvalue weighted by molar-refractivity contribution is 7.98. The molecule has 0 aliphatic heterocycles. The molecule has 19 heavy (non-hydrogen) atoms. The molecule has 0 spiro atoms. The van der Waals surface area contributed by atoms with Crippen LogP contribution in [0.4, 0.5) is 0 Å². The molecule has 0 amide bonds. The standard InChI is InChI=1S/C14H22ClNO2S/c1-18-13-9-12(15)8-11(14(13)17)10-16-6-4-3-5-7-19-2/h8-9,16-17H,3-7,10H2,1-2H3. The number of methoxy groups -OCH3 is 1.